The Kier molecular flexibility index (Phi) is 12.0. The van der Waals surface area contributed by atoms with Crippen molar-refractivity contribution >= 4 is 11.8 Å². The molecule has 0 aromatic carbocycles. The minimum absolute atomic E-state index is 0.360. The number of hydrogen-bond donors (Lipinski definition) is 2. The van der Waals surface area contributed by atoms with E-state index in [1.165, 1.54) is 12.3 Å². The van der Waals surface area contributed by atoms with E-state index in [2.05, 4.69) is 16.5 Å². The molecule has 0 rings (SSSR count). The summed E-state index contributed by atoms with van der Waals surface area (Å²) in [4.78, 5) is 15.7. The van der Waals surface area contributed by atoms with E-state index in [0.717, 1.165) is 18.7 Å². The summed E-state index contributed by atoms with van der Waals surface area (Å²) in [6, 6.07) is 0. The first kappa shape index (κ1) is 20.7. The van der Waals surface area contributed by atoms with E-state index in [-0.39, 0.29) is 5.97 Å². The summed E-state index contributed by atoms with van der Waals surface area (Å²) < 4.78 is 4.80. The minimum Gasteiger partial charge on any atom is -0.463 e. The molecular weight excluding hydrogens is 292 g/mol. The number of carbonyl (C=O) groups is 1. The van der Waals surface area contributed by atoms with Gasteiger partial charge in [-0.3, -0.25) is 5.01 Å². The van der Waals surface area contributed by atoms with Gasteiger partial charge in [-0.2, -0.15) is 0 Å². The Balaban J connectivity index is 4.78. The Hall–Kier alpha value is -2.34. The summed E-state index contributed by atoms with van der Waals surface area (Å²) >= 11 is 0. The van der Waals surface area contributed by atoms with Gasteiger partial charge in [-0.05, 0) is 45.5 Å². The molecule has 0 aliphatic heterocycles. The maximum absolute atomic E-state index is 11.2. The van der Waals surface area contributed by atoms with Crippen molar-refractivity contribution in [2.45, 2.75) is 27.2 Å². The normalized spacial score (nSPS) is 13.4. The Morgan fingerprint density at radius 2 is 2.13 bits per heavy atom. The van der Waals surface area contributed by atoms with Gasteiger partial charge in [-0.25, -0.2) is 15.2 Å². The van der Waals surface area contributed by atoms with Gasteiger partial charge in [-0.15, -0.1) is 0 Å². The third-order valence-electron chi connectivity index (χ3n) is 2.63. The van der Waals surface area contributed by atoms with Gasteiger partial charge in [0.05, 0.1) is 6.61 Å². The minimum atomic E-state index is -0.370. The molecule has 128 valence electrons. The lowest BCUT2D eigenvalue weighted by atomic mass is 10.4. The lowest BCUT2D eigenvalue weighted by Crippen LogP contribution is -2.39. The van der Waals surface area contributed by atoms with Crippen LogP contribution in [0.25, 0.3) is 0 Å². The average molecular weight is 320 g/mol. The van der Waals surface area contributed by atoms with Crippen LogP contribution in [0.4, 0.5) is 0 Å². The largest absolute Gasteiger partial charge is 0.463 e. The molecule has 0 aromatic heterocycles. The van der Waals surface area contributed by atoms with E-state index in [0.29, 0.717) is 12.4 Å². The number of hydrogen-bond acceptors (Lipinski definition) is 5. The predicted molar refractivity (Wildman–Crippen MR) is 95.5 cm³/mol. The van der Waals surface area contributed by atoms with Gasteiger partial charge in [0, 0.05) is 25.4 Å². The smallest absolute Gasteiger partial charge is 0.330 e. The summed E-state index contributed by atoms with van der Waals surface area (Å²) in [5.74, 6) is 0.302. The third kappa shape index (κ3) is 11.0. The van der Waals surface area contributed by atoms with Crippen LogP contribution in [-0.4, -0.2) is 37.0 Å². The number of nitrogens with zero attached hydrogens (tertiary/aromatic N) is 2. The van der Waals surface area contributed by atoms with Crippen molar-refractivity contribution in [3.05, 3.63) is 48.4 Å². The van der Waals surface area contributed by atoms with Crippen molar-refractivity contribution < 1.29 is 9.53 Å². The zero-order valence-corrected chi connectivity index (χ0v) is 14.5. The number of esters is 1. The second-order valence-corrected chi connectivity index (χ2v) is 4.57. The third-order valence-corrected chi connectivity index (χ3v) is 2.63. The van der Waals surface area contributed by atoms with Gasteiger partial charge in [0.15, 0.2) is 0 Å². The first-order valence-electron chi connectivity index (χ1n) is 7.62. The number of nitrogens with two attached hydrogens (primary N) is 1. The molecule has 6 heteroatoms. The molecule has 0 amide bonds. The van der Waals surface area contributed by atoms with Crippen molar-refractivity contribution in [1.29, 1.82) is 0 Å². The fourth-order valence-electron chi connectivity index (χ4n) is 1.55. The van der Waals surface area contributed by atoms with Gasteiger partial charge in [-0.1, -0.05) is 18.2 Å². The molecule has 0 fully saturated rings. The van der Waals surface area contributed by atoms with Crippen molar-refractivity contribution in [3.63, 3.8) is 0 Å². The Bertz CT molecular complexity index is 491. The number of hydrazine groups is 1. The molecular formula is C17H28N4O2. The molecule has 0 unspecified atom stereocenters. The number of carbonyl (C=O) groups excluding carboxylic acids is 1. The van der Waals surface area contributed by atoms with Gasteiger partial charge in [0.1, 0.15) is 5.84 Å². The molecule has 3 N–H and O–H groups in total. The summed E-state index contributed by atoms with van der Waals surface area (Å²) in [5.41, 5.74) is 9.43. The number of nitrogens with one attached hydrogen (secondary N) is 1. The highest BCUT2D eigenvalue weighted by molar-refractivity contribution is 5.93. The average Bonchev–Trinajstić information content (AvgIpc) is 2.51. The zero-order chi connectivity index (χ0) is 17.5. The fourth-order valence-corrected chi connectivity index (χ4v) is 1.55. The molecule has 0 radical (unpaired) electrons. The summed E-state index contributed by atoms with van der Waals surface area (Å²) in [7, 11) is 1.87. The monoisotopic (exact) mass is 320 g/mol. The lowest BCUT2D eigenvalue weighted by Gasteiger charge is -2.20. The molecule has 0 heterocycles. The fraction of sp³-hybridized carbons (Fsp3) is 0.412. The van der Waals surface area contributed by atoms with Crippen molar-refractivity contribution in [2.75, 3.05) is 20.2 Å². The SMILES string of the molecule is C/C=C/CCNN(C)C(/C=C/N)=N\C(C)=C\C=C\C(=O)OCC. The van der Waals surface area contributed by atoms with Crippen LogP contribution in [-0.2, 0) is 9.53 Å². The number of amidine groups is 1. The van der Waals surface area contributed by atoms with Gasteiger partial charge in [0.25, 0.3) is 0 Å². The summed E-state index contributed by atoms with van der Waals surface area (Å²) in [6.07, 6.45) is 12.9. The highest BCUT2D eigenvalue weighted by atomic mass is 16.5. The molecule has 6 nitrogen and oxygen atoms in total. The van der Waals surface area contributed by atoms with Crippen LogP contribution in [0.15, 0.2) is 53.3 Å². The molecule has 0 saturated carbocycles. The molecule has 0 aliphatic rings. The first-order valence-corrected chi connectivity index (χ1v) is 7.62. The molecule has 0 atom stereocenters. The molecule has 0 bridgehead atoms. The molecule has 0 aromatic rings. The van der Waals surface area contributed by atoms with Gasteiger partial charge >= 0.3 is 5.97 Å². The standard InChI is InChI=1S/C17H28N4O2/c1-5-7-8-14-19-21(4)16(12-13-18)20-15(3)10-9-11-17(22)23-6-2/h5,7,9-13,19H,6,8,14,18H2,1-4H3/b7-5+,11-9+,13-12+,15-10+,20-16-. The summed E-state index contributed by atoms with van der Waals surface area (Å²) in [6.45, 7) is 6.75. The Labute approximate surface area is 139 Å². The van der Waals surface area contributed by atoms with Crippen LogP contribution in [0.1, 0.15) is 27.2 Å². The molecule has 23 heavy (non-hydrogen) atoms. The van der Waals surface area contributed by atoms with Crippen LogP contribution in [0.3, 0.4) is 0 Å². The highest BCUT2D eigenvalue weighted by Gasteiger charge is 2.02. The number of ether oxygens (including phenoxy) is 1. The van der Waals surface area contributed by atoms with Gasteiger partial charge < -0.3 is 10.5 Å². The van der Waals surface area contributed by atoms with Crippen LogP contribution >= 0.6 is 0 Å². The van der Waals surface area contributed by atoms with E-state index in [4.69, 9.17) is 10.5 Å². The van der Waals surface area contributed by atoms with E-state index < -0.39 is 0 Å². The Morgan fingerprint density at radius 1 is 1.39 bits per heavy atom. The van der Waals surface area contributed by atoms with E-state index in [1.807, 2.05) is 27.0 Å². The van der Waals surface area contributed by atoms with Crippen molar-refractivity contribution in [3.8, 4) is 0 Å². The molecule has 0 spiro atoms. The second-order valence-electron chi connectivity index (χ2n) is 4.57. The van der Waals surface area contributed by atoms with Crippen molar-refractivity contribution in [2.24, 2.45) is 10.7 Å². The van der Waals surface area contributed by atoms with Crippen LogP contribution in [0.5, 0.6) is 0 Å². The maximum Gasteiger partial charge on any atom is 0.330 e. The number of aliphatic imine (C=N–C) groups is 1. The molecule has 0 saturated heterocycles. The number of likely N-dealkylation sites (N-methyl/N-ethyl adjacent to an activating group) is 1. The molecule has 0 aliphatic carbocycles. The van der Waals surface area contributed by atoms with E-state index >= 15 is 0 Å². The van der Waals surface area contributed by atoms with Crippen LogP contribution < -0.4 is 11.2 Å². The maximum atomic E-state index is 11.2. The van der Waals surface area contributed by atoms with Crippen molar-refractivity contribution in [1.82, 2.24) is 10.4 Å². The summed E-state index contributed by atoms with van der Waals surface area (Å²) in [5, 5.41) is 1.80. The predicted octanol–water partition coefficient (Wildman–Crippen LogP) is 2.28. The quantitative estimate of drug-likeness (QED) is 0.0996. The zero-order valence-electron chi connectivity index (χ0n) is 14.5. The van der Waals surface area contributed by atoms with Gasteiger partial charge in [0.2, 0.25) is 0 Å². The number of allylic oxidation sites excluding steroid dienone is 4. The second kappa shape index (κ2) is 13.3. The number of rotatable bonds is 9. The highest BCUT2D eigenvalue weighted by Crippen LogP contribution is 2.00. The van der Waals surface area contributed by atoms with Crippen LogP contribution in [0, 0.1) is 0 Å². The first-order chi connectivity index (χ1) is 11.0. The Morgan fingerprint density at radius 3 is 2.74 bits per heavy atom. The van der Waals surface area contributed by atoms with E-state index in [1.54, 1.807) is 30.2 Å². The lowest BCUT2D eigenvalue weighted by molar-refractivity contribution is -0.137. The van der Waals surface area contributed by atoms with Crippen LogP contribution in [0.2, 0.25) is 0 Å². The van der Waals surface area contributed by atoms with E-state index in [9.17, 15) is 4.79 Å². The topological polar surface area (TPSA) is 80.0 Å².